The first kappa shape index (κ1) is 27.2. The third kappa shape index (κ3) is 5.37. The number of allylic oxidation sites excluding steroid dienone is 1. The first-order chi connectivity index (χ1) is 18.3. The van der Waals surface area contributed by atoms with Gasteiger partial charge >= 0.3 is 5.97 Å². The van der Waals surface area contributed by atoms with E-state index in [1.165, 1.54) is 28.8 Å². The Kier molecular flexibility index (Phi) is 8.35. The SMILES string of the molecule is C#CCOc1c(Cl)cc(C=c2sc3n(c2=O)[C@H](c2ccc(F)cc2)C(C(=O)OCC)=C(C)N=3)cc1OCC. The summed E-state index contributed by atoms with van der Waals surface area (Å²) in [4.78, 5) is 31.6. The van der Waals surface area contributed by atoms with E-state index in [2.05, 4.69) is 10.9 Å². The second-order valence-corrected chi connectivity index (χ2v) is 9.53. The summed E-state index contributed by atoms with van der Waals surface area (Å²) >= 11 is 7.61. The second-order valence-electron chi connectivity index (χ2n) is 8.11. The topological polar surface area (TPSA) is 79.1 Å². The minimum Gasteiger partial charge on any atom is -0.490 e. The summed E-state index contributed by atoms with van der Waals surface area (Å²) in [6, 6.07) is 8.15. The fourth-order valence-corrected chi connectivity index (χ4v) is 5.41. The molecule has 38 heavy (non-hydrogen) atoms. The molecule has 1 aliphatic heterocycles. The number of terminal acetylenes is 1. The van der Waals surface area contributed by atoms with Crippen molar-refractivity contribution in [2.45, 2.75) is 26.8 Å². The molecule has 1 aromatic heterocycles. The zero-order valence-corrected chi connectivity index (χ0v) is 22.5. The molecule has 0 N–H and O–H groups in total. The first-order valence-corrected chi connectivity index (χ1v) is 13.0. The highest BCUT2D eigenvalue weighted by atomic mass is 35.5. The molecule has 1 aliphatic rings. The van der Waals surface area contributed by atoms with Crippen LogP contribution in [0.4, 0.5) is 4.39 Å². The molecule has 1 atom stereocenters. The van der Waals surface area contributed by atoms with Crippen molar-refractivity contribution in [1.29, 1.82) is 0 Å². The fourth-order valence-electron chi connectivity index (χ4n) is 4.09. The van der Waals surface area contributed by atoms with Crippen molar-refractivity contribution in [1.82, 2.24) is 4.57 Å². The van der Waals surface area contributed by atoms with E-state index in [4.69, 9.17) is 32.2 Å². The van der Waals surface area contributed by atoms with Crippen LogP contribution in [0.1, 0.15) is 37.9 Å². The van der Waals surface area contributed by atoms with Crippen LogP contribution in [0.15, 0.2) is 57.5 Å². The van der Waals surface area contributed by atoms with Gasteiger partial charge in [-0.1, -0.05) is 41.0 Å². The number of halogens is 2. The number of esters is 1. The number of hydrogen-bond acceptors (Lipinski definition) is 7. The van der Waals surface area contributed by atoms with Gasteiger partial charge in [-0.25, -0.2) is 14.2 Å². The van der Waals surface area contributed by atoms with E-state index in [1.54, 1.807) is 32.1 Å². The summed E-state index contributed by atoms with van der Waals surface area (Å²) in [5.74, 6) is 2.07. The standard InChI is InChI=1S/C28H24ClFN2O5S/c1-5-12-37-25-20(29)13-17(14-21(25)35-6-2)15-22-26(33)32-24(18-8-10-19(30)11-9-18)23(27(34)36-7-3)16(4)31-28(32)38-22/h1,8-11,13-15,24H,6-7,12H2,2-4H3/t24-/m1/s1. The van der Waals surface area contributed by atoms with Gasteiger partial charge in [-0.2, -0.15) is 0 Å². The minimum absolute atomic E-state index is 0.0171. The third-order valence-corrected chi connectivity index (χ3v) is 6.90. The zero-order valence-electron chi connectivity index (χ0n) is 20.9. The predicted molar refractivity (Wildman–Crippen MR) is 144 cm³/mol. The lowest BCUT2D eigenvalue weighted by Gasteiger charge is -2.24. The molecule has 7 nitrogen and oxygen atoms in total. The number of benzene rings is 2. The van der Waals surface area contributed by atoms with E-state index in [9.17, 15) is 14.0 Å². The van der Waals surface area contributed by atoms with E-state index in [0.29, 0.717) is 44.3 Å². The van der Waals surface area contributed by atoms with Gasteiger partial charge < -0.3 is 14.2 Å². The van der Waals surface area contributed by atoms with Crippen molar-refractivity contribution in [3.05, 3.63) is 89.3 Å². The number of rotatable bonds is 8. The van der Waals surface area contributed by atoms with Gasteiger partial charge in [0.1, 0.15) is 12.4 Å². The molecular formula is C28H24ClFN2O5S. The minimum atomic E-state index is -0.838. The van der Waals surface area contributed by atoms with Gasteiger partial charge in [0, 0.05) is 0 Å². The molecule has 3 aromatic rings. The normalized spacial score (nSPS) is 14.9. The van der Waals surface area contributed by atoms with Crippen molar-refractivity contribution in [3.63, 3.8) is 0 Å². The van der Waals surface area contributed by atoms with Crippen LogP contribution >= 0.6 is 22.9 Å². The predicted octanol–water partition coefficient (Wildman–Crippen LogP) is 4.00. The van der Waals surface area contributed by atoms with Crippen LogP contribution in [0.25, 0.3) is 6.08 Å². The van der Waals surface area contributed by atoms with Crippen LogP contribution in [0.5, 0.6) is 11.5 Å². The monoisotopic (exact) mass is 554 g/mol. The quantitative estimate of drug-likeness (QED) is 0.311. The lowest BCUT2D eigenvalue weighted by atomic mass is 9.96. The largest absolute Gasteiger partial charge is 0.490 e. The van der Waals surface area contributed by atoms with Crippen molar-refractivity contribution >= 4 is 35.0 Å². The number of aromatic nitrogens is 1. The highest BCUT2D eigenvalue weighted by Gasteiger charge is 2.33. The van der Waals surface area contributed by atoms with Crippen molar-refractivity contribution in [2.24, 2.45) is 4.99 Å². The Labute approximate surface area is 227 Å². The van der Waals surface area contributed by atoms with Crippen LogP contribution in [0.2, 0.25) is 5.02 Å². The smallest absolute Gasteiger partial charge is 0.338 e. The van der Waals surface area contributed by atoms with Crippen LogP contribution in [-0.2, 0) is 9.53 Å². The van der Waals surface area contributed by atoms with Gasteiger partial charge in [0.05, 0.1) is 40.1 Å². The Bertz CT molecular complexity index is 1630. The molecule has 4 rings (SSSR count). The molecule has 0 spiro atoms. The molecule has 0 saturated heterocycles. The maximum atomic E-state index is 13.7. The number of hydrogen-bond donors (Lipinski definition) is 0. The number of carbonyl (C=O) groups is 1. The first-order valence-electron chi connectivity index (χ1n) is 11.8. The van der Waals surface area contributed by atoms with Crippen molar-refractivity contribution in [2.75, 3.05) is 19.8 Å². The number of fused-ring (bicyclic) bond motifs is 1. The van der Waals surface area contributed by atoms with Gasteiger partial charge in [-0.05, 0) is 62.2 Å². The maximum Gasteiger partial charge on any atom is 0.338 e. The molecule has 196 valence electrons. The molecule has 0 unspecified atom stereocenters. The van der Waals surface area contributed by atoms with Crippen molar-refractivity contribution in [3.8, 4) is 23.8 Å². The maximum absolute atomic E-state index is 13.7. The Morgan fingerprint density at radius 2 is 1.97 bits per heavy atom. The fraction of sp³-hybridized carbons (Fsp3) is 0.250. The van der Waals surface area contributed by atoms with Crippen molar-refractivity contribution < 1.29 is 23.4 Å². The highest BCUT2D eigenvalue weighted by Crippen LogP contribution is 2.37. The van der Waals surface area contributed by atoms with Gasteiger partial charge in [-0.15, -0.1) is 6.42 Å². The Balaban J connectivity index is 1.90. The lowest BCUT2D eigenvalue weighted by Crippen LogP contribution is -2.39. The van der Waals surface area contributed by atoms with Gasteiger partial charge in [0.25, 0.3) is 5.56 Å². The van der Waals surface area contributed by atoms with E-state index >= 15 is 0 Å². The van der Waals surface area contributed by atoms with Crippen LogP contribution < -0.4 is 24.4 Å². The molecule has 2 heterocycles. The van der Waals surface area contributed by atoms with E-state index in [0.717, 1.165) is 11.3 Å². The molecule has 0 saturated carbocycles. The number of nitrogens with zero attached hydrogens (tertiary/aromatic N) is 2. The molecule has 0 bridgehead atoms. The van der Waals surface area contributed by atoms with Crippen LogP contribution in [0.3, 0.4) is 0 Å². The number of carbonyl (C=O) groups excluding carboxylic acids is 1. The summed E-state index contributed by atoms with van der Waals surface area (Å²) in [6.07, 6.45) is 6.96. The Morgan fingerprint density at radius 3 is 2.63 bits per heavy atom. The average Bonchev–Trinajstić information content (AvgIpc) is 3.17. The van der Waals surface area contributed by atoms with Gasteiger partial charge in [-0.3, -0.25) is 9.36 Å². The van der Waals surface area contributed by atoms with Gasteiger partial charge in [0.15, 0.2) is 16.3 Å². The van der Waals surface area contributed by atoms with Gasteiger partial charge in [0.2, 0.25) is 0 Å². The summed E-state index contributed by atoms with van der Waals surface area (Å²) in [5.41, 5.74) is 1.40. The molecule has 0 aliphatic carbocycles. The van der Waals surface area contributed by atoms with E-state index in [-0.39, 0.29) is 29.4 Å². The molecule has 0 radical (unpaired) electrons. The van der Waals surface area contributed by atoms with Crippen LogP contribution in [0, 0.1) is 18.2 Å². The summed E-state index contributed by atoms with van der Waals surface area (Å²) < 4.78 is 32.0. The molecular weight excluding hydrogens is 531 g/mol. The molecule has 0 fully saturated rings. The highest BCUT2D eigenvalue weighted by molar-refractivity contribution is 7.07. The molecule has 0 amide bonds. The summed E-state index contributed by atoms with van der Waals surface area (Å²) in [7, 11) is 0. The van der Waals surface area contributed by atoms with E-state index < -0.39 is 17.8 Å². The summed E-state index contributed by atoms with van der Waals surface area (Å²) in [6.45, 7) is 5.73. The Hall–Kier alpha value is -3.87. The zero-order chi connectivity index (χ0) is 27.4. The lowest BCUT2D eigenvalue weighted by molar-refractivity contribution is -0.139. The summed E-state index contributed by atoms with van der Waals surface area (Å²) in [5, 5.41) is 0.273. The molecule has 10 heteroatoms. The number of ether oxygens (including phenoxy) is 3. The number of thiazole rings is 1. The second kappa shape index (κ2) is 11.7. The Morgan fingerprint density at radius 1 is 1.24 bits per heavy atom. The van der Waals surface area contributed by atoms with E-state index in [1.807, 2.05) is 6.92 Å². The third-order valence-electron chi connectivity index (χ3n) is 5.63. The average molecular weight is 555 g/mol. The van der Waals surface area contributed by atoms with Crippen LogP contribution in [-0.4, -0.2) is 30.4 Å². The molecule has 2 aromatic carbocycles.